The van der Waals surface area contributed by atoms with Crippen molar-refractivity contribution in [2.75, 3.05) is 24.8 Å². The van der Waals surface area contributed by atoms with Gasteiger partial charge in [0, 0.05) is 20.2 Å². The summed E-state index contributed by atoms with van der Waals surface area (Å²) >= 11 is 0. The first kappa shape index (κ1) is 21.8. The van der Waals surface area contributed by atoms with E-state index in [2.05, 4.69) is 10.1 Å². The van der Waals surface area contributed by atoms with Crippen molar-refractivity contribution < 1.29 is 4.74 Å². The Morgan fingerprint density at radius 2 is 1.94 bits per heavy atom. The van der Waals surface area contributed by atoms with Gasteiger partial charge in [0.2, 0.25) is 5.95 Å². The second-order valence-electron chi connectivity index (χ2n) is 7.76. The average Bonchev–Trinajstić information content (AvgIpc) is 3.20. The van der Waals surface area contributed by atoms with Crippen LogP contribution < -0.4 is 16.3 Å². The average molecular weight is 437 g/mol. The molecule has 4 rings (SSSR count). The minimum Gasteiger partial charge on any atom is -0.380 e. The molecule has 3 heterocycles. The van der Waals surface area contributed by atoms with Gasteiger partial charge in [-0.1, -0.05) is 42.5 Å². The van der Waals surface area contributed by atoms with Crippen LogP contribution >= 0.6 is 0 Å². The third-order valence-corrected chi connectivity index (χ3v) is 5.71. The molecule has 0 spiro atoms. The molecule has 1 atom stereocenters. The maximum atomic E-state index is 13.5. The van der Waals surface area contributed by atoms with Gasteiger partial charge in [-0.25, -0.2) is 9.80 Å². The minimum atomic E-state index is -0.401. The van der Waals surface area contributed by atoms with Gasteiger partial charge in [-0.2, -0.15) is 10.1 Å². The highest BCUT2D eigenvalue weighted by molar-refractivity contribution is 5.91. The normalized spacial score (nSPS) is 16.1. The Morgan fingerprint density at radius 3 is 2.66 bits per heavy atom. The fraction of sp³-hybridized carbons (Fsp3) is 0.391. The molecule has 0 N–H and O–H groups in total. The maximum absolute atomic E-state index is 13.5. The van der Waals surface area contributed by atoms with Crippen LogP contribution in [0.3, 0.4) is 0 Å². The van der Waals surface area contributed by atoms with Crippen LogP contribution in [-0.4, -0.2) is 44.2 Å². The molecule has 3 aromatic rings. The van der Waals surface area contributed by atoms with Crippen molar-refractivity contribution >= 4 is 28.9 Å². The summed E-state index contributed by atoms with van der Waals surface area (Å²) < 4.78 is 10.0. The number of hydrogen-bond acceptors (Lipinski definition) is 6. The van der Waals surface area contributed by atoms with E-state index in [0.29, 0.717) is 36.9 Å². The van der Waals surface area contributed by atoms with E-state index >= 15 is 0 Å². The van der Waals surface area contributed by atoms with E-state index in [0.717, 1.165) is 11.3 Å². The zero-order chi connectivity index (χ0) is 22.8. The number of aromatic nitrogens is 4. The highest BCUT2D eigenvalue weighted by atomic mass is 16.5. The first-order valence-electron chi connectivity index (χ1n) is 10.8. The predicted octanol–water partition coefficient (Wildman–Crippen LogP) is 2.40. The summed E-state index contributed by atoms with van der Waals surface area (Å²) in [6.45, 7) is 7.61. The van der Waals surface area contributed by atoms with Crippen LogP contribution in [0.25, 0.3) is 17.2 Å². The zero-order valence-corrected chi connectivity index (χ0v) is 18.9. The Hall–Kier alpha value is -3.46. The van der Waals surface area contributed by atoms with Gasteiger partial charge >= 0.3 is 5.69 Å². The van der Waals surface area contributed by atoms with Gasteiger partial charge in [0.1, 0.15) is 0 Å². The quantitative estimate of drug-likeness (QED) is 0.531. The molecule has 0 saturated heterocycles. The summed E-state index contributed by atoms with van der Waals surface area (Å²) in [6, 6.07) is 9.61. The van der Waals surface area contributed by atoms with Crippen LogP contribution in [-0.2, 0) is 18.3 Å². The van der Waals surface area contributed by atoms with Gasteiger partial charge in [0.15, 0.2) is 11.2 Å². The number of ether oxygens (including phenoxy) is 1. The molecule has 1 aliphatic rings. The molecule has 0 aliphatic carbocycles. The molecule has 0 radical (unpaired) electrons. The fourth-order valence-electron chi connectivity index (χ4n) is 3.85. The third kappa shape index (κ3) is 3.80. The number of hydrazone groups is 1. The molecule has 0 saturated carbocycles. The Morgan fingerprint density at radius 1 is 1.19 bits per heavy atom. The smallest absolute Gasteiger partial charge is 0.332 e. The van der Waals surface area contributed by atoms with Crippen molar-refractivity contribution in [1.29, 1.82) is 0 Å². The van der Waals surface area contributed by atoms with Gasteiger partial charge in [0.25, 0.3) is 5.56 Å². The molecule has 168 valence electrons. The molecular formula is C23H28N6O3. The summed E-state index contributed by atoms with van der Waals surface area (Å²) in [5.41, 5.74) is 1.87. The first-order valence-corrected chi connectivity index (χ1v) is 10.8. The number of imidazole rings is 1. The van der Waals surface area contributed by atoms with Crippen LogP contribution in [0.15, 0.2) is 51.1 Å². The van der Waals surface area contributed by atoms with Crippen LogP contribution in [0.4, 0.5) is 5.95 Å². The molecule has 32 heavy (non-hydrogen) atoms. The lowest BCUT2D eigenvalue weighted by molar-refractivity contribution is 0.153. The second-order valence-corrected chi connectivity index (χ2v) is 7.76. The number of benzene rings is 1. The lowest BCUT2D eigenvalue weighted by Crippen LogP contribution is -2.40. The summed E-state index contributed by atoms with van der Waals surface area (Å²) in [5.74, 6) is 0.544. The van der Waals surface area contributed by atoms with Crippen molar-refractivity contribution in [3.63, 3.8) is 0 Å². The molecule has 9 heteroatoms. The summed E-state index contributed by atoms with van der Waals surface area (Å²) in [7, 11) is 1.64. The SMILES string of the molecule is CCOCCN1N=C(C)C(C)n2c1nc1c2c(=O)n(CC=Cc2ccccc2)c(=O)n1C. The standard InChI is InChI=1S/C23H28N6O3/c1-5-32-15-14-28-22-24-20-19(29(22)17(3)16(2)25-28)21(30)27(23(31)26(20)4)13-9-12-18-10-7-6-8-11-18/h6-12,17H,5,13-15H2,1-4H3. The van der Waals surface area contributed by atoms with E-state index in [-0.39, 0.29) is 18.1 Å². The molecule has 2 aromatic heterocycles. The van der Waals surface area contributed by atoms with Crippen LogP contribution in [0.5, 0.6) is 0 Å². The number of nitrogens with zero attached hydrogens (tertiary/aromatic N) is 6. The van der Waals surface area contributed by atoms with E-state index in [1.165, 1.54) is 9.13 Å². The number of aryl methyl sites for hydroxylation is 1. The van der Waals surface area contributed by atoms with E-state index in [1.54, 1.807) is 12.1 Å². The Kier molecular flexibility index (Phi) is 6.09. The van der Waals surface area contributed by atoms with Crippen LogP contribution in [0.1, 0.15) is 32.4 Å². The highest BCUT2D eigenvalue weighted by Crippen LogP contribution is 2.29. The molecule has 0 fully saturated rings. The maximum Gasteiger partial charge on any atom is 0.332 e. The summed E-state index contributed by atoms with van der Waals surface area (Å²) in [5, 5.41) is 6.38. The molecule has 9 nitrogen and oxygen atoms in total. The van der Waals surface area contributed by atoms with Gasteiger partial charge in [-0.15, -0.1) is 0 Å². The largest absolute Gasteiger partial charge is 0.380 e. The molecule has 0 amide bonds. The summed E-state index contributed by atoms with van der Waals surface area (Å²) in [6.07, 6.45) is 3.72. The minimum absolute atomic E-state index is 0.156. The van der Waals surface area contributed by atoms with Crippen molar-refractivity contribution in [3.8, 4) is 0 Å². The van der Waals surface area contributed by atoms with E-state index in [4.69, 9.17) is 4.74 Å². The van der Waals surface area contributed by atoms with Crippen LogP contribution in [0.2, 0.25) is 0 Å². The molecule has 0 bridgehead atoms. The first-order chi connectivity index (χ1) is 15.4. The van der Waals surface area contributed by atoms with Gasteiger partial charge < -0.3 is 4.74 Å². The van der Waals surface area contributed by atoms with E-state index in [1.807, 2.05) is 67.8 Å². The van der Waals surface area contributed by atoms with E-state index < -0.39 is 5.69 Å². The number of rotatable bonds is 7. The van der Waals surface area contributed by atoms with Crippen molar-refractivity contribution in [2.24, 2.45) is 12.1 Å². The Bertz CT molecular complexity index is 1300. The highest BCUT2D eigenvalue weighted by Gasteiger charge is 2.30. The van der Waals surface area contributed by atoms with Gasteiger partial charge in [-0.05, 0) is 26.3 Å². The lowest BCUT2D eigenvalue weighted by Gasteiger charge is -2.29. The lowest BCUT2D eigenvalue weighted by atomic mass is 10.2. The molecular weight excluding hydrogens is 408 g/mol. The number of allylic oxidation sites excluding steroid dienone is 1. The second kappa shape index (κ2) is 8.96. The molecule has 1 aliphatic heterocycles. The molecule has 1 unspecified atom stereocenters. The Balaban J connectivity index is 1.80. The van der Waals surface area contributed by atoms with Gasteiger partial charge in [-0.3, -0.25) is 18.5 Å². The fourth-order valence-corrected chi connectivity index (χ4v) is 3.85. The Labute approximate surface area is 185 Å². The van der Waals surface area contributed by atoms with Crippen molar-refractivity contribution in [1.82, 2.24) is 18.7 Å². The zero-order valence-electron chi connectivity index (χ0n) is 18.9. The number of hydrogen-bond donors (Lipinski definition) is 0. The summed E-state index contributed by atoms with van der Waals surface area (Å²) in [4.78, 5) is 31.1. The van der Waals surface area contributed by atoms with E-state index in [9.17, 15) is 9.59 Å². The van der Waals surface area contributed by atoms with Crippen molar-refractivity contribution in [2.45, 2.75) is 33.4 Å². The predicted molar refractivity (Wildman–Crippen MR) is 126 cm³/mol. The third-order valence-electron chi connectivity index (χ3n) is 5.71. The monoisotopic (exact) mass is 436 g/mol. The molecule has 1 aromatic carbocycles. The van der Waals surface area contributed by atoms with Crippen molar-refractivity contribution in [3.05, 3.63) is 62.8 Å². The number of fused-ring (bicyclic) bond motifs is 3. The van der Waals surface area contributed by atoms with Gasteiger partial charge in [0.05, 0.1) is 24.9 Å². The van der Waals surface area contributed by atoms with Crippen LogP contribution in [0, 0.1) is 0 Å². The number of anilines is 1. The topological polar surface area (TPSA) is 86.7 Å².